The molecular formula is C15H7N11O6. The molecule has 0 aliphatic rings. The molecule has 0 radical (unpaired) electrons. The third kappa shape index (κ3) is 2.69. The van der Waals surface area contributed by atoms with Crippen molar-refractivity contribution in [1.82, 2.24) is 39.4 Å². The topological polar surface area (TPSA) is 218 Å². The number of H-pyrrole nitrogens is 1. The van der Waals surface area contributed by atoms with Crippen LogP contribution in [0.15, 0.2) is 37.2 Å². The lowest BCUT2D eigenvalue weighted by Gasteiger charge is -2.00. The first-order valence-corrected chi connectivity index (χ1v) is 8.54. The highest BCUT2D eigenvalue weighted by Crippen LogP contribution is 2.36. The Bertz CT molecular complexity index is 1470. The number of rotatable bonds is 5. The molecule has 5 aromatic heterocycles. The lowest BCUT2D eigenvalue weighted by atomic mass is 10.1. The zero-order valence-electron chi connectivity index (χ0n) is 15.4. The molecular weight excluding hydrogens is 430 g/mol. The molecule has 32 heavy (non-hydrogen) atoms. The van der Waals surface area contributed by atoms with Crippen molar-refractivity contribution in [1.29, 1.82) is 0 Å². The molecule has 0 aliphatic carbocycles. The van der Waals surface area contributed by atoms with Gasteiger partial charge in [-0.3, -0.25) is 35.4 Å². The van der Waals surface area contributed by atoms with Gasteiger partial charge in [0.2, 0.25) is 11.3 Å². The number of fused-ring (bicyclic) bond motifs is 2. The fraction of sp³-hybridized carbons (Fsp3) is 0. The first kappa shape index (κ1) is 18.7. The number of aromatic nitrogens is 8. The Morgan fingerprint density at radius 2 is 1.28 bits per heavy atom. The van der Waals surface area contributed by atoms with Crippen molar-refractivity contribution < 1.29 is 14.8 Å². The summed E-state index contributed by atoms with van der Waals surface area (Å²) in [5.41, 5.74) is -0.865. The van der Waals surface area contributed by atoms with Gasteiger partial charge in [-0.05, 0) is 0 Å². The highest BCUT2D eigenvalue weighted by Gasteiger charge is 2.29. The monoisotopic (exact) mass is 437 g/mol. The van der Waals surface area contributed by atoms with Crippen molar-refractivity contribution in [2.24, 2.45) is 0 Å². The Kier molecular flexibility index (Phi) is 3.84. The van der Waals surface area contributed by atoms with Gasteiger partial charge in [-0.15, -0.1) is 0 Å². The summed E-state index contributed by atoms with van der Waals surface area (Å²) >= 11 is 0. The second kappa shape index (κ2) is 6.58. The molecule has 0 atom stereocenters. The van der Waals surface area contributed by atoms with E-state index in [9.17, 15) is 30.3 Å². The van der Waals surface area contributed by atoms with Gasteiger partial charge in [0.15, 0.2) is 5.69 Å². The first-order chi connectivity index (χ1) is 15.3. The summed E-state index contributed by atoms with van der Waals surface area (Å²) < 4.78 is 2.23. The van der Waals surface area contributed by atoms with E-state index in [-0.39, 0.29) is 45.2 Å². The molecule has 17 heteroatoms. The van der Waals surface area contributed by atoms with E-state index < -0.39 is 20.5 Å². The summed E-state index contributed by atoms with van der Waals surface area (Å²) in [6.07, 6.45) is 7.10. The van der Waals surface area contributed by atoms with E-state index in [0.717, 1.165) is 21.4 Å². The number of nitrogens with one attached hydrogen (secondary N) is 1. The average Bonchev–Trinajstić information content (AvgIpc) is 3.47. The molecule has 5 aromatic rings. The molecule has 17 nitrogen and oxygen atoms in total. The fourth-order valence-electron chi connectivity index (χ4n) is 3.15. The van der Waals surface area contributed by atoms with E-state index in [1.54, 1.807) is 0 Å². The van der Waals surface area contributed by atoms with E-state index in [0.29, 0.717) is 0 Å². The summed E-state index contributed by atoms with van der Waals surface area (Å²) in [5.74, 6) is 0. The van der Waals surface area contributed by atoms with Crippen molar-refractivity contribution in [3.05, 3.63) is 67.5 Å². The predicted octanol–water partition coefficient (Wildman–Crippen LogP) is 1.55. The summed E-state index contributed by atoms with van der Waals surface area (Å²) in [7, 11) is 0. The zero-order chi connectivity index (χ0) is 22.6. The van der Waals surface area contributed by atoms with Crippen LogP contribution in [0.1, 0.15) is 0 Å². The van der Waals surface area contributed by atoms with Crippen LogP contribution in [0.5, 0.6) is 0 Å². The van der Waals surface area contributed by atoms with E-state index in [1.165, 1.54) is 24.8 Å². The van der Waals surface area contributed by atoms with Gasteiger partial charge in [-0.25, -0.2) is 19.0 Å². The van der Waals surface area contributed by atoms with Crippen LogP contribution >= 0.6 is 0 Å². The van der Waals surface area contributed by atoms with Gasteiger partial charge in [0.25, 0.3) is 0 Å². The Hall–Kier alpha value is -5.35. The van der Waals surface area contributed by atoms with Gasteiger partial charge >= 0.3 is 17.1 Å². The first-order valence-electron chi connectivity index (χ1n) is 8.54. The maximum Gasteiger partial charge on any atom is 0.333 e. The second-order valence-electron chi connectivity index (χ2n) is 6.35. The zero-order valence-corrected chi connectivity index (χ0v) is 15.4. The minimum absolute atomic E-state index is 0.0240. The SMILES string of the molecule is O=[N+]([O-])c1c(-c2cnc3c([N+](=O)[O-])cnn3c2)n[nH]c1-c1cnc2c([N+](=O)[O-])cnn2c1. The summed E-state index contributed by atoms with van der Waals surface area (Å²) in [5, 5.41) is 48.1. The number of nitrogens with zero attached hydrogens (tertiary/aromatic N) is 10. The van der Waals surface area contributed by atoms with Crippen LogP contribution < -0.4 is 0 Å². The number of hydrogen-bond donors (Lipinski definition) is 1. The molecule has 5 rings (SSSR count). The molecule has 0 saturated carbocycles. The normalized spacial score (nSPS) is 11.2. The minimum Gasteiger partial charge on any atom is -0.270 e. The molecule has 0 fully saturated rings. The Balaban J connectivity index is 1.64. The summed E-state index contributed by atoms with van der Waals surface area (Å²) in [6.45, 7) is 0. The largest absolute Gasteiger partial charge is 0.333 e. The highest BCUT2D eigenvalue weighted by molar-refractivity contribution is 5.81. The molecule has 0 unspecified atom stereocenters. The van der Waals surface area contributed by atoms with Gasteiger partial charge in [0, 0.05) is 35.9 Å². The number of aromatic amines is 1. The van der Waals surface area contributed by atoms with Crippen LogP contribution in [0.3, 0.4) is 0 Å². The lowest BCUT2D eigenvalue weighted by molar-refractivity contribution is -0.383. The van der Waals surface area contributed by atoms with Crippen molar-refractivity contribution in [2.75, 3.05) is 0 Å². The molecule has 5 heterocycles. The average molecular weight is 437 g/mol. The third-order valence-corrected chi connectivity index (χ3v) is 4.55. The predicted molar refractivity (Wildman–Crippen MR) is 103 cm³/mol. The van der Waals surface area contributed by atoms with Crippen molar-refractivity contribution >= 4 is 28.4 Å². The Morgan fingerprint density at radius 1 is 0.750 bits per heavy atom. The summed E-state index contributed by atoms with van der Waals surface area (Å²) in [6, 6.07) is 0. The van der Waals surface area contributed by atoms with Crippen molar-refractivity contribution in [3.63, 3.8) is 0 Å². The minimum atomic E-state index is -0.667. The quantitative estimate of drug-likeness (QED) is 0.307. The number of hydrogen-bond acceptors (Lipinski definition) is 11. The molecule has 0 spiro atoms. The van der Waals surface area contributed by atoms with Crippen LogP contribution in [0, 0.1) is 30.3 Å². The maximum absolute atomic E-state index is 11.8. The molecule has 158 valence electrons. The van der Waals surface area contributed by atoms with Gasteiger partial charge in [0.05, 0.1) is 14.8 Å². The summed E-state index contributed by atoms with van der Waals surface area (Å²) in [4.78, 5) is 39.9. The van der Waals surface area contributed by atoms with Gasteiger partial charge in [-0.2, -0.15) is 15.3 Å². The Morgan fingerprint density at radius 3 is 1.81 bits per heavy atom. The van der Waals surface area contributed by atoms with Crippen LogP contribution in [0.25, 0.3) is 33.8 Å². The number of nitro groups is 3. The third-order valence-electron chi connectivity index (χ3n) is 4.55. The highest BCUT2D eigenvalue weighted by atomic mass is 16.6. The van der Waals surface area contributed by atoms with E-state index in [2.05, 4.69) is 30.4 Å². The van der Waals surface area contributed by atoms with Crippen molar-refractivity contribution in [2.45, 2.75) is 0 Å². The van der Waals surface area contributed by atoms with Gasteiger partial charge in [-0.1, -0.05) is 0 Å². The van der Waals surface area contributed by atoms with Crippen LogP contribution in [-0.4, -0.2) is 54.2 Å². The van der Waals surface area contributed by atoms with Gasteiger partial charge in [0.1, 0.15) is 18.1 Å². The molecule has 0 bridgehead atoms. The molecule has 0 aromatic carbocycles. The standard InChI is InChI=1S/C15H7N11O6/c27-24(28)9-3-18-22-5-7(1-16-14(9)22)11-13(26(31)32)12(21-20-11)8-2-17-15-10(25(29)30)4-19-23(15)6-8/h1-6H,(H,20,21). The van der Waals surface area contributed by atoms with E-state index in [1.807, 2.05) is 0 Å². The fourth-order valence-corrected chi connectivity index (χ4v) is 3.15. The van der Waals surface area contributed by atoms with E-state index in [4.69, 9.17) is 0 Å². The van der Waals surface area contributed by atoms with Crippen molar-refractivity contribution in [3.8, 4) is 22.5 Å². The smallest absolute Gasteiger partial charge is 0.270 e. The second-order valence-corrected chi connectivity index (χ2v) is 6.35. The van der Waals surface area contributed by atoms with Crippen LogP contribution in [-0.2, 0) is 0 Å². The molecule has 0 amide bonds. The molecule has 1 N–H and O–H groups in total. The molecule has 0 saturated heterocycles. The lowest BCUT2D eigenvalue weighted by Crippen LogP contribution is -1.97. The maximum atomic E-state index is 11.8. The Labute approximate surface area is 173 Å². The van der Waals surface area contributed by atoms with Crippen LogP contribution in [0.4, 0.5) is 17.1 Å². The van der Waals surface area contributed by atoms with E-state index >= 15 is 0 Å². The van der Waals surface area contributed by atoms with Crippen LogP contribution in [0.2, 0.25) is 0 Å². The molecule has 0 aliphatic heterocycles. The van der Waals surface area contributed by atoms with Gasteiger partial charge < -0.3 is 0 Å².